The van der Waals surface area contributed by atoms with E-state index in [1.54, 1.807) is 0 Å². The fourth-order valence-electron chi connectivity index (χ4n) is 3.67. The van der Waals surface area contributed by atoms with E-state index in [1.807, 2.05) is 11.7 Å². The minimum atomic E-state index is 0. The quantitative estimate of drug-likeness (QED) is 0.928. The maximum Gasteiger partial charge on any atom is 0.0638 e. The molecule has 1 atom stereocenters. The highest BCUT2D eigenvalue weighted by molar-refractivity contribution is 5.85. The molecular formula is C15H27ClN4. The molecule has 2 aliphatic rings. The molecule has 2 fully saturated rings. The van der Waals surface area contributed by atoms with E-state index in [4.69, 9.17) is 0 Å². The van der Waals surface area contributed by atoms with Gasteiger partial charge in [0.25, 0.3) is 0 Å². The summed E-state index contributed by atoms with van der Waals surface area (Å²) >= 11 is 0. The van der Waals surface area contributed by atoms with Crippen LogP contribution in [0.1, 0.15) is 36.9 Å². The fraction of sp³-hybridized carbons (Fsp3) is 0.800. The Balaban J connectivity index is 0.00000147. The molecule has 0 saturated carbocycles. The van der Waals surface area contributed by atoms with E-state index >= 15 is 0 Å². The molecule has 1 aromatic heterocycles. The average Bonchev–Trinajstić information content (AvgIpc) is 3.01. The van der Waals surface area contributed by atoms with Gasteiger partial charge < -0.3 is 5.32 Å². The SMILES string of the molecule is Cc1nn(C)cc1CN1CCC(C2CCCN2)CC1.Cl. The summed E-state index contributed by atoms with van der Waals surface area (Å²) < 4.78 is 1.93. The highest BCUT2D eigenvalue weighted by atomic mass is 35.5. The van der Waals surface area contributed by atoms with Gasteiger partial charge in [0.15, 0.2) is 0 Å². The first-order chi connectivity index (χ1) is 9.22. The number of nitrogens with zero attached hydrogens (tertiary/aromatic N) is 3. The summed E-state index contributed by atoms with van der Waals surface area (Å²) in [5.41, 5.74) is 2.57. The number of aryl methyl sites for hydroxylation is 2. The van der Waals surface area contributed by atoms with E-state index in [-0.39, 0.29) is 12.4 Å². The van der Waals surface area contributed by atoms with Crippen molar-refractivity contribution in [2.45, 2.75) is 45.2 Å². The number of likely N-dealkylation sites (tertiary alicyclic amines) is 1. The highest BCUT2D eigenvalue weighted by Gasteiger charge is 2.28. The lowest BCUT2D eigenvalue weighted by Crippen LogP contribution is -2.40. The Bertz CT molecular complexity index is 418. The van der Waals surface area contributed by atoms with Crippen molar-refractivity contribution in [3.05, 3.63) is 17.5 Å². The van der Waals surface area contributed by atoms with Crippen LogP contribution in [0.5, 0.6) is 0 Å². The molecule has 0 aromatic carbocycles. The van der Waals surface area contributed by atoms with Crippen molar-refractivity contribution < 1.29 is 0 Å². The maximum atomic E-state index is 4.43. The number of hydrogen-bond donors (Lipinski definition) is 1. The third-order valence-corrected chi connectivity index (χ3v) is 4.81. The van der Waals surface area contributed by atoms with Gasteiger partial charge in [0.05, 0.1) is 5.69 Å². The normalized spacial score (nSPS) is 24.8. The predicted molar refractivity (Wildman–Crippen MR) is 84.2 cm³/mol. The van der Waals surface area contributed by atoms with Crippen LogP contribution >= 0.6 is 12.4 Å². The summed E-state index contributed by atoms with van der Waals surface area (Å²) in [5.74, 6) is 0.911. The summed E-state index contributed by atoms with van der Waals surface area (Å²) in [5, 5.41) is 8.11. The average molecular weight is 299 g/mol. The van der Waals surface area contributed by atoms with Gasteiger partial charge in [-0.2, -0.15) is 5.10 Å². The molecule has 1 aromatic rings. The first kappa shape index (κ1) is 15.8. The van der Waals surface area contributed by atoms with Gasteiger partial charge in [-0.25, -0.2) is 0 Å². The van der Waals surface area contributed by atoms with Crippen LogP contribution < -0.4 is 5.32 Å². The minimum Gasteiger partial charge on any atom is -0.314 e. The topological polar surface area (TPSA) is 33.1 Å². The first-order valence-corrected chi connectivity index (χ1v) is 7.67. The smallest absolute Gasteiger partial charge is 0.0638 e. The third-order valence-electron chi connectivity index (χ3n) is 4.81. The second-order valence-corrected chi connectivity index (χ2v) is 6.23. The van der Waals surface area contributed by atoms with Crippen LogP contribution in [0.25, 0.3) is 0 Å². The summed E-state index contributed by atoms with van der Waals surface area (Å²) in [4.78, 5) is 2.59. The summed E-state index contributed by atoms with van der Waals surface area (Å²) in [6, 6.07) is 0.808. The van der Waals surface area contributed by atoms with Crippen LogP contribution in [0, 0.1) is 12.8 Å². The van der Waals surface area contributed by atoms with E-state index in [0.29, 0.717) is 0 Å². The summed E-state index contributed by atoms with van der Waals surface area (Å²) in [7, 11) is 2.01. The molecule has 0 radical (unpaired) electrons. The predicted octanol–water partition coefficient (Wildman–Crippen LogP) is 2.11. The Morgan fingerprint density at radius 3 is 2.60 bits per heavy atom. The molecule has 20 heavy (non-hydrogen) atoms. The number of halogens is 1. The van der Waals surface area contributed by atoms with E-state index in [2.05, 4.69) is 28.4 Å². The van der Waals surface area contributed by atoms with Crippen molar-refractivity contribution in [1.29, 1.82) is 0 Å². The molecule has 4 nitrogen and oxygen atoms in total. The van der Waals surface area contributed by atoms with Crippen molar-refractivity contribution in [2.75, 3.05) is 19.6 Å². The molecule has 0 amide bonds. The minimum absolute atomic E-state index is 0. The van der Waals surface area contributed by atoms with Crippen molar-refractivity contribution in [3.63, 3.8) is 0 Å². The van der Waals surface area contributed by atoms with E-state index in [1.165, 1.54) is 56.6 Å². The molecular weight excluding hydrogens is 272 g/mol. The first-order valence-electron chi connectivity index (χ1n) is 7.67. The number of aromatic nitrogens is 2. The Labute approximate surface area is 128 Å². The van der Waals surface area contributed by atoms with Gasteiger partial charge in [-0.1, -0.05) is 0 Å². The Hall–Kier alpha value is -0.580. The lowest BCUT2D eigenvalue weighted by atomic mass is 9.88. The molecule has 2 saturated heterocycles. The fourth-order valence-corrected chi connectivity index (χ4v) is 3.67. The molecule has 3 rings (SSSR count). The van der Waals surface area contributed by atoms with Gasteiger partial charge in [-0.15, -0.1) is 12.4 Å². The van der Waals surface area contributed by atoms with Crippen molar-refractivity contribution in [1.82, 2.24) is 20.0 Å². The van der Waals surface area contributed by atoms with Gasteiger partial charge in [-0.05, 0) is 58.2 Å². The third kappa shape index (κ3) is 3.54. The monoisotopic (exact) mass is 298 g/mol. The lowest BCUT2D eigenvalue weighted by Gasteiger charge is -2.34. The number of hydrogen-bond acceptors (Lipinski definition) is 3. The van der Waals surface area contributed by atoms with E-state index < -0.39 is 0 Å². The number of rotatable bonds is 3. The standard InChI is InChI=1S/C15H26N4.ClH/c1-12-14(10-18(2)17-12)11-19-8-5-13(6-9-19)15-4-3-7-16-15;/h10,13,15-16H,3-9,11H2,1-2H3;1H. The molecule has 0 spiro atoms. The molecule has 3 heterocycles. The molecule has 2 aliphatic heterocycles. The van der Waals surface area contributed by atoms with Crippen LogP contribution in [-0.4, -0.2) is 40.4 Å². The van der Waals surface area contributed by atoms with Gasteiger partial charge in [0, 0.05) is 31.4 Å². The van der Waals surface area contributed by atoms with Crippen LogP contribution in [-0.2, 0) is 13.6 Å². The van der Waals surface area contributed by atoms with Crippen LogP contribution in [0.4, 0.5) is 0 Å². The Morgan fingerprint density at radius 2 is 2.05 bits per heavy atom. The zero-order valence-electron chi connectivity index (χ0n) is 12.6. The molecule has 0 bridgehead atoms. The largest absolute Gasteiger partial charge is 0.314 e. The summed E-state index contributed by atoms with van der Waals surface area (Å²) in [6.07, 6.45) is 7.65. The van der Waals surface area contributed by atoms with Gasteiger partial charge >= 0.3 is 0 Å². The van der Waals surface area contributed by atoms with Gasteiger partial charge in [-0.3, -0.25) is 9.58 Å². The van der Waals surface area contributed by atoms with Crippen molar-refractivity contribution in [2.24, 2.45) is 13.0 Å². The van der Waals surface area contributed by atoms with Gasteiger partial charge in [0.1, 0.15) is 0 Å². The van der Waals surface area contributed by atoms with Crippen LogP contribution in [0.2, 0.25) is 0 Å². The highest BCUT2D eigenvalue weighted by Crippen LogP contribution is 2.26. The zero-order valence-corrected chi connectivity index (χ0v) is 13.5. The zero-order chi connectivity index (χ0) is 13.2. The molecule has 1 N–H and O–H groups in total. The summed E-state index contributed by atoms with van der Waals surface area (Å²) in [6.45, 7) is 6.92. The Kier molecular flexibility index (Phi) is 5.47. The van der Waals surface area contributed by atoms with Gasteiger partial charge in [0.2, 0.25) is 0 Å². The molecule has 0 aliphatic carbocycles. The molecule has 114 valence electrons. The lowest BCUT2D eigenvalue weighted by molar-refractivity contribution is 0.157. The van der Waals surface area contributed by atoms with E-state index in [0.717, 1.165) is 18.5 Å². The molecule has 1 unspecified atom stereocenters. The number of piperidine rings is 1. The van der Waals surface area contributed by atoms with Crippen LogP contribution in [0.3, 0.4) is 0 Å². The van der Waals surface area contributed by atoms with E-state index in [9.17, 15) is 0 Å². The Morgan fingerprint density at radius 1 is 1.30 bits per heavy atom. The molecule has 5 heteroatoms. The van der Waals surface area contributed by atoms with Crippen LogP contribution in [0.15, 0.2) is 6.20 Å². The van der Waals surface area contributed by atoms with Crippen molar-refractivity contribution >= 4 is 12.4 Å². The van der Waals surface area contributed by atoms with Crippen molar-refractivity contribution in [3.8, 4) is 0 Å². The number of nitrogens with one attached hydrogen (secondary N) is 1. The second-order valence-electron chi connectivity index (χ2n) is 6.23. The maximum absolute atomic E-state index is 4.43. The second kappa shape index (κ2) is 6.92.